The van der Waals surface area contributed by atoms with Crippen molar-refractivity contribution in [1.29, 1.82) is 0 Å². The maximum atomic E-state index is 14.4. The minimum Gasteiger partial charge on any atom is -0.361 e. The Morgan fingerprint density at radius 3 is 2.91 bits per heavy atom. The van der Waals surface area contributed by atoms with Crippen LogP contribution in [0.3, 0.4) is 0 Å². The van der Waals surface area contributed by atoms with Gasteiger partial charge in [-0.3, -0.25) is 4.79 Å². The predicted molar refractivity (Wildman–Crippen MR) is 121 cm³/mol. The summed E-state index contributed by atoms with van der Waals surface area (Å²) in [5.74, 6) is -0.210. The summed E-state index contributed by atoms with van der Waals surface area (Å²) in [4.78, 5) is 30.4. The van der Waals surface area contributed by atoms with Crippen molar-refractivity contribution in [2.24, 2.45) is 7.05 Å². The molecule has 2 fully saturated rings. The van der Waals surface area contributed by atoms with E-state index in [-0.39, 0.29) is 35.4 Å². The van der Waals surface area contributed by atoms with Crippen LogP contribution in [0.25, 0.3) is 10.9 Å². The summed E-state index contributed by atoms with van der Waals surface area (Å²) in [6.45, 7) is 1.84. The lowest BCUT2D eigenvalue weighted by Crippen LogP contribution is -2.53. The second-order valence-corrected chi connectivity index (χ2v) is 8.90. The zero-order valence-corrected chi connectivity index (χ0v) is 18.1. The summed E-state index contributed by atoms with van der Waals surface area (Å²) < 4.78 is 16.0. The van der Waals surface area contributed by atoms with E-state index in [1.54, 1.807) is 36.1 Å². The van der Waals surface area contributed by atoms with E-state index < -0.39 is 0 Å². The highest BCUT2D eigenvalue weighted by Gasteiger charge is 2.36. The molecule has 2 aliphatic rings. The highest BCUT2D eigenvalue weighted by molar-refractivity contribution is 5.84. The number of H-pyrrole nitrogens is 1. The fourth-order valence-electron chi connectivity index (χ4n) is 4.71. The second-order valence-electron chi connectivity index (χ2n) is 8.90. The number of fused-ring (bicyclic) bond motifs is 1. The van der Waals surface area contributed by atoms with Crippen LogP contribution in [0.15, 0.2) is 47.5 Å². The van der Waals surface area contributed by atoms with E-state index in [2.05, 4.69) is 15.6 Å². The monoisotopic (exact) mass is 437 g/mol. The van der Waals surface area contributed by atoms with Crippen LogP contribution in [0, 0.1) is 5.82 Å². The number of amides is 2. The largest absolute Gasteiger partial charge is 0.361 e. The maximum Gasteiger partial charge on any atom is 0.318 e. The van der Waals surface area contributed by atoms with Gasteiger partial charge in [0.05, 0.1) is 0 Å². The number of nitrogens with one attached hydrogen (secondary N) is 3. The zero-order chi connectivity index (χ0) is 22.2. The van der Waals surface area contributed by atoms with Gasteiger partial charge in [-0.25, -0.2) is 9.18 Å². The number of halogens is 1. The van der Waals surface area contributed by atoms with Crippen LogP contribution in [0.1, 0.15) is 36.3 Å². The van der Waals surface area contributed by atoms with Gasteiger partial charge in [0.25, 0.3) is 5.56 Å². The molecule has 7 nitrogen and oxygen atoms in total. The molecule has 1 saturated carbocycles. The minimum atomic E-state index is -0.280. The van der Waals surface area contributed by atoms with E-state index >= 15 is 0 Å². The van der Waals surface area contributed by atoms with Gasteiger partial charge in [0.1, 0.15) is 5.82 Å². The summed E-state index contributed by atoms with van der Waals surface area (Å²) in [7, 11) is 1.73. The number of carbonyl (C=O) groups is 1. The van der Waals surface area contributed by atoms with Crippen molar-refractivity contribution >= 4 is 16.9 Å². The molecule has 5 rings (SSSR count). The van der Waals surface area contributed by atoms with Gasteiger partial charge in [0.2, 0.25) is 0 Å². The lowest BCUT2D eigenvalue weighted by atomic mass is 9.86. The summed E-state index contributed by atoms with van der Waals surface area (Å²) in [6, 6.07) is 8.51. The topological polar surface area (TPSA) is 82.2 Å². The van der Waals surface area contributed by atoms with Crippen LogP contribution in [0.5, 0.6) is 0 Å². The van der Waals surface area contributed by atoms with E-state index in [0.717, 1.165) is 42.5 Å². The molecule has 0 spiro atoms. The number of aromatic nitrogens is 2. The Morgan fingerprint density at radius 1 is 1.28 bits per heavy atom. The average molecular weight is 438 g/mol. The zero-order valence-electron chi connectivity index (χ0n) is 18.1. The SMILES string of the molecule is Cn1ccc(C2CCNCC2NC(=O)N(Cc2c[nH]c3cccc(F)c23)C2CC2)cc1=O. The number of aryl methyl sites for hydroxylation is 1. The standard InChI is InChI=1S/C24H28FN5O2/c1-29-10-8-15(11-22(29)31)18-7-9-26-13-21(18)28-24(32)30(17-5-6-17)14-16-12-27-20-4-2-3-19(25)23(16)20/h2-4,8,10-12,17-18,21,26-27H,5-7,9,13-14H2,1H3,(H,28,32). The molecule has 8 heteroatoms. The molecular weight excluding hydrogens is 409 g/mol. The molecule has 3 heterocycles. The first-order valence-corrected chi connectivity index (χ1v) is 11.2. The first kappa shape index (κ1) is 20.8. The molecule has 0 radical (unpaired) electrons. The third kappa shape index (κ3) is 4.02. The van der Waals surface area contributed by atoms with Gasteiger partial charge in [-0.2, -0.15) is 0 Å². The van der Waals surface area contributed by atoms with Crippen LogP contribution >= 0.6 is 0 Å². The molecule has 2 atom stereocenters. The number of aromatic amines is 1. The predicted octanol–water partition coefficient (Wildman–Crippen LogP) is 2.83. The normalized spacial score (nSPS) is 20.9. The van der Waals surface area contributed by atoms with Gasteiger partial charge in [-0.1, -0.05) is 6.07 Å². The van der Waals surface area contributed by atoms with Crippen LogP contribution in [-0.4, -0.2) is 45.7 Å². The number of piperidine rings is 1. The second kappa shape index (κ2) is 8.43. The Morgan fingerprint density at radius 2 is 2.12 bits per heavy atom. The molecule has 0 bridgehead atoms. The molecule has 1 aromatic carbocycles. The fourth-order valence-corrected chi connectivity index (χ4v) is 4.71. The van der Waals surface area contributed by atoms with Gasteiger partial charge in [-0.05, 0) is 55.1 Å². The lowest BCUT2D eigenvalue weighted by Gasteiger charge is -2.35. The summed E-state index contributed by atoms with van der Waals surface area (Å²) in [5.41, 5.74) is 2.42. The smallest absolute Gasteiger partial charge is 0.318 e. The number of rotatable bonds is 5. The number of nitrogens with zero attached hydrogens (tertiary/aromatic N) is 2. The Bertz CT molecular complexity index is 1200. The Labute approximate surface area is 185 Å². The molecule has 32 heavy (non-hydrogen) atoms. The first-order valence-electron chi connectivity index (χ1n) is 11.2. The molecule has 168 valence electrons. The molecule has 2 amide bonds. The molecule has 3 N–H and O–H groups in total. The molecule has 1 saturated heterocycles. The number of pyridine rings is 1. The van der Waals surface area contributed by atoms with Crippen LogP contribution < -0.4 is 16.2 Å². The molecular formula is C24H28FN5O2. The highest BCUT2D eigenvalue weighted by Crippen LogP contribution is 2.32. The third-order valence-corrected chi connectivity index (χ3v) is 6.67. The van der Waals surface area contributed by atoms with Crippen LogP contribution in [0.2, 0.25) is 0 Å². The van der Waals surface area contributed by atoms with E-state index in [1.807, 2.05) is 17.0 Å². The van der Waals surface area contributed by atoms with Crippen LogP contribution in [0.4, 0.5) is 9.18 Å². The van der Waals surface area contributed by atoms with Crippen molar-refractivity contribution in [2.45, 2.75) is 43.8 Å². The molecule has 1 aliphatic heterocycles. The molecule has 2 unspecified atom stereocenters. The van der Waals surface area contributed by atoms with Crippen molar-refractivity contribution < 1.29 is 9.18 Å². The fraction of sp³-hybridized carbons (Fsp3) is 0.417. The first-order chi connectivity index (χ1) is 15.5. The number of hydrogen-bond donors (Lipinski definition) is 3. The van der Waals surface area contributed by atoms with E-state index in [9.17, 15) is 14.0 Å². The molecule has 2 aromatic heterocycles. The number of benzene rings is 1. The lowest BCUT2D eigenvalue weighted by molar-refractivity contribution is 0.183. The Hall–Kier alpha value is -3.13. The molecule has 1 aliphatic carbocycles. The van der Waals surface area contributed by atoms with Crippen molar-refractivity contribution in [3.8, 4) is 0 Å². The van der Waals surface area contributed by atoms with Crippen molar-refractivity contribution in [3.63, 3.8) is 0 Å². The minimum absolute atomic E-state index is 0.0490. The van der Waals surface area contributed by atoms with Gasteiger partial charge >= 0.3 is 6.03 Å². The number of carbonyl (C=O) groups excluding carboxylic acids is 1. The Kier molecular flexibility index (Phi) is 5.46. The van der Waals surface area contributed by atoms with Crippen molar-refractivity contribution in [1.82, 2.24) is 25.1 Å². The number of urea groups is 1. The quantitative estimate of drug-likeness (QED) is 0.574. The summed E-state index contributed by atoms with van der Waals surface area (Å²) in [5, 5.41) is 7.11. The molecule has 3 aromatic rings. The highest BCUT2D eigenvalue weighted by atomic mass is 19.1. The summed E-state index contributed by atoms with van der Waals surface area (Å²) in [6.07, 6.45) is 6.33. The number of hydrogen-bond acceptors (Lipinski definition) is 3. The van der Waals surface area contributed by atoms with Gasteiger partial charge < -0.3 is 25.1 Å². The van der Waals surface area contributed by atoms with E-state index in [0.29, 0.717) is 18.5 Å². The van der Waals surface area contributed by atoms with Crippen LogP contribution in [-0.2, 0) is 13.6 Å². The Balaban J connectivity index is 1.36. The van der Waals surface area contributed by atoms with Gasteiger partial charge in [-0.15, -0.1) is 0 Å². The van der Waals surface area contributed by atoms with Crippen molar-refractivity contribution in [2.75, 3.05) is 13.1 Å². The van der Waals surface area contributed by atoms with E-state index in [4.69, 9.17) is 0 Å². The average Bonchev–Trinajstić information content (AvgIpc) is 3.54. The van der Waals surface area contributed by atoms with Gasteiger partial charge in [0, 0.05) is 67.5 Å². The summed E-state index contributed by atoms with van der Waals surface area (Å²) >= 11 is 0. The van der Waals surface area contributed by atoms with Crippen molar-refractivity contribution in [3.05, 3.63) is 70.0 Å². The third-order valence-electron chi connectivity index (χ3n) is 6.67. The maximum absolute atomic E-state index is 14.4. The van der Waals surface area contributed by atoms with Gasteiger partial charge in [0.15, 0.2) is 0 Å². The van der Waals surface area contributed by atoms with E-state index in [1.165, 1.54) is 6.07 Å².